The first-order chi connectivity index (χ1) is 7.52. The van der Waals surface area contributed by atoms with Gasteiger partial charge in [0.05, 0.1) is 11.1 Å². The van der Waals surface area contributed by atoms with Crippen molar-refractivity contribution in [2.24, 2.45) is 21.7 Å². The number of nitrogens with two attached hydrogens (primary N) is 2. The molecule has 84 valence electrons. The average molecular weight is 225 g/mol. The van der Waals surface area contributed by atoms with Crippen molar-refractivity contribution >= 4 is 17.9 Å². The highest BCUT2D eigenvalue weighted by Crippen LogP contribution is 2.19. The van der Waals surface area contributed by atoms with E-state index in [1.165, 1.54) is 6.07 Å². The highest BCUT2D eigenvalue weighted by Gasteiger charge is 2.15. The van der Waals surface area contributed by atoms with E-state index >= 15 is 0 Å². The van der Waals surface area contributed by atoms with Gasteiger partial charge in [-0.05, 0) is 6.07 Å². The number of guanidine groups is 1. The molecular formula is C8H8FN5O2. The first-order valence-electron chi connectivity index (χ1n) is 4.07. The first kappa shape index (κ1) is 11.6. The second kappa shape index (κ2) is 4.82. The van der Waals surface area contributed by atoms with Gasteiger partial charge in [0.1, 0.15) is 11.4 Å². The Balaban J connectivity index is 3.16. The summed E-state index contributed by atoms with van der Waals surface area (Å²) in [5.41, 5.74) is 9.27. The van der Waals surface area contributed by atoms with E-state index in [0.717, 1.165) is 18.3 Å². The van der Waals surface area contributed by atoms with Gasteiger partial charge in [-0.1, -0.05) is 6.07 Å². The van der Waals surface area contributed by atoms with Crippen molar-refractivity contribution in [1.82, 2.24) is 0 Å². The molecule has 0 bridgehead atoms. The van der Waals surface area contributed by atoms with E-state index in [-0.39, 0.29) is 11.5 Å². The molecule has 0 atom stereocenters. The molecule has 0 fully saturated rings. The lowest BCUT2D eigenvalue weighted by Gasteiger charge is -1.97. The van der Waals surface area contributed by atoms with Crippen LogP contribution in [0.5, 0.6) is 0 Å². The SMILES string of the molecule is NC(N)=N/N=C/c1c(F)cccc1[N+](=O)[O-]. The summed E-state index contributed by atoms with van der Waals surface area (Å²) in [6.45, 7) is 0. The molecule has 0 aromatic heterocycles. The van der Waals surface area contributed by atoms with Gasteiger partial charge in [-0.25, -0.2) is 4.39 Å². The summed E-state index contributed by atoms with van der Waals surface area (Å²) in [7, 11) is 0. The summed E-state index contributed by atoms with van der Waals surface area (Å²) in [6.07, 6.45) is 0.882. The van der Waals surface area contributed by atoms with Gasteiger partial charge in [-0.15, -0.1) is 5.10 Å². The number of nitro groups is 1. The molecule has 0 aliphatic carbocycles. The van der Waals surface area contributed by atoms with Crippen LogP contribution in [0.1, 0.15) is 5.56 Å². The third kappa shape index (κ3) is 2.74. The van der Waals surface area contributed by atoms with Crippen LogP contribution in [-0.2, 0) is 0 Å². The maximum Gasteiger partial charge on any atom is 0.281 e. The Bertz CT molecular complexity index is 467. The Labute approximate surface area is 89.4 Å². The summed E-state index contributed by atoms with van der Waals surface area (Å²) in [4.78, 5) is 9.84. The van der Waals surface area contributed by atoms with Crippen molar-refractivity contribution in [2.75, 3.05) is 0 Å². The van der Waals surface area contributed by atoms with E-state index in [4.69, 9.17) is 11.5 Å². The fourth-order valence-corrected chi connectivity index (χ4v) is 0.966. The maximum absolute atomic E-state index is 13.2. The number of rotatable bonds is 3. The second-order valence-corrected chi connectivity index (χ2v) is 2.70. The van der Waals surface area contributed by atoms with Crippen molar-refractivity contribution in [3.05, 3.63) is 39.7 Å². The first-order valence-corrected chi connectivity index (χ1v) is 4.07. The Hall–Kier alpha value is -2.51. The molecule has 0 saturated carbocycles. The lowest BCUT2D eigenvalue weighted by atomic mass is 10.2. The van der Waals surface area contributed by atoms with Gasteiger partial charge in [-0.3, -0.25) is 10.1 Å². The molecule has 0 saturated heterocycles. The highest BCUT2D eigenvalue weighted by atomic mass is 19.1. The third-order valence-corrected chi connectivity index (χ3v) is 1.59. The number of halogens is 1. The van der Waals surface area contributed by atoms with Crippen LogP contribution in [0.15, 0.2) is 28.4 Å². The van der Waals surface area contributed by atoms with Crippen LogP contribution in [-0.4, -0.2) is 17.1 Å². The molecule has 0 amide bonds. The second-order valence-electron chi connectivity index (χ2n) is 2.70. The van der Waals surface area contributed by atoms with Gasteiger partial charge in [0.2, 0.25) is 5.96 Å². The Morgan fingerprint density at radius 3 is 2.75 bits per heavy atom. The molecule has 1 rings (SSSR count). The zero-order chi connectivity index (χ0) is 12.1. The van der Waals surface area contributed by atoms with E-state index in [2.05, 4.69) is 10.2 Å². The van der Waals surface area contributed by atoms with Crippen LogP contribution in [0.25, 0.3) is 0 Å². The predicted octanol–water partition coefficient (Wildman–Crippen LogP) is 0.341. The predicted molar refractivity (Wildman–Crippen MR) is 56.5 cm³/mol. The summed E-state index contributed by atoms with van der Waals surface area (Å²) in [5, 5.41) is 17.1. The number of hydrogen-bond acceptors (Lipinski definition) is 4. The molecule has 1 aromatic carbocycles. The van der Waals surface area contributed by atoms with Crippen molar-refractivity contribution < 1.29 is 9.31 Å². The molecule has 0 aliphatic rings. The quantitative estimate of drug-likeness (QED) is 0.333. The summed E-state index contributed by atoms with van der Waals surface area (Å²) < 4.78 is 13.2. The van der Waals surface area contributed by atoms with Gasteiger partial charge in [-0.2, -0.15) is 5.10 Å². The van der Waals surface area contributed by atoms with Gasteiger partial charge in [0.15, 0.2) is 0 Å². The molecule has 0 radical (unpaired) electrons. The van der Waals surface area contributed by atoms with Gasteiger partial charge < -0.3 is 11.5 Å². The topological polar surface area (TPSA) is 120 Å². The smallest absolute Gasteiger partial charge is 0.281 e. The standard InChI is InChI=1S/C8H8FN5O2/c9-6-2-1-3-7(14(15)16)5(6)4-12-13-8(10)11/h1-4H,(H4,10,11,13)/b12-4+. The number of benzene rings is 1. The van der Waals surface area contributed by atoms with E-state index < -0.39 is 16.4 Å². The molecule has 0 unspecified atom stereocenters. The molecular weight excluding hydrogens is 217 g/mol. The van der Waals surface area contributed by atoms with Crippen LogP contribution in [0.2, 0.25) is 0 Å². The van der Waals surface area contributed by atoms with E-state index in [1.54, 1.807) is 0 Å². The molecule has 8 heteroatoms. The molecule has 0 aliphatic heterocycles. The normalized spacial score (nSPS) is 10.3. The van der Waals surface area contributed by atoms with Gasteiger partial charge in [0, 0.05) is 6.07 Å². The number of nitro benzene ring substituents is 1. The van der Waals surface area contributed by atoms with Crippen molar-refractivity contribution in [1.29, 1.82) is 0 Å². The largest absolute Gasteiger partial charge is 0.369 e. The third-order valence-electron chi connectivity index (χ3n) is 1.59. The molecule has 4 N–H and O–H groups in total. The van der Waals surface area contributed by atoms with Crippen LogP contribution >= 0.6 is 0 Å². The molecule has 7 nitrogen and oxygen atoms in total. The summed E-state index contributed by atoms with van der Waals surface area (Å²) >= 11 is 0. The Kier molecular flexibility index (Phi) is 3.49. The zero-order valence-electron chi connectivity index (χ0n) is 8.00. The summed E-state index contributed by atoms with van der Waals surface area (Å²) in [5.74, 6) is -1.10. The monoisotopic (exact) mass is 225 g/mol. The Morgan fingerprint density at radius 1 is 1.50 bits per heavy atom. The van der Waals surface area contributed by atoms with Crippen molar-refractivity contribution in [3.63, 3.8) is 0 Å². The summed E-state index contributed by atoms with van der Waals surface area (Å²) in [6, 6.07) is 3.45. The van der Waals surface area contributed by atoms with Crippen molar-refractivity contribution in [2.45, 2.75) is 0 Å². The van der Waals surface area contributed by atoms with Crippen LogP contribution < -0.4 is 11.5 Å². The molecule has 1 aromatic rings. The average Bonchev–Trinajstić information content (AvgIpc) is 2.19. The van der Waals surface area contributed by atoms with Crippen LogP contribution in [0, 0.1) is 15.9 Å². The van der Waals surface area contributed by atoms with Crippen LogP contribution in [0.4, 0.5) is 10.1 Å². The molecule has 0 spiro atoms. The minimum atomic E-state index is -0.774. The number of hydrogen-bond donors (Lipinski definition) is 2. The minimum Gasteiger partial charge on any atom is -0.369 e. The fourth-order valence-electron chi connectivity index (χ4n) is 0.966. The zero-order valence-corrected chi connectivity index (χ0v) is 8.00. The number of nitrogens with zero attached hydrogens (tertiary/aromatic N) is 3. The van der Waals surface area contributed by atoms with E-state index in [1.807, 2.05) is 0 Å². The van der Waals surface area contributed by atoms with Crippen LogP contribution in [0.3, 0.4) is 0 Å². The highest BCUT2D eigenvalue weighted by molar-refractivity contribution is 5.86. The molecule has 0 heterocycles. The van der Waals surface area contributed by atoms with Gasteiger partial charge in [0.25, 0.3) is 5.69 Å². The lowest BCUT2D eigenvalue weighted by molar-refractivity contribution is -0.385. The maximum atomic E-state index is 13.2. The van der Waals surface area contributed by atoms with E-state index in [0.29, 0.717) is 0 Å². The minimum absolute atomic E-state index is 0.280. The fraction of sp³-hybridized carbons (Fsp3) is 0. The lowest BCUT2D eigenvalue weighted by Crippen LogP contribution is -2.21. The van der Waals surface area contributed by atoms with Crippen molar-refractivity contribution in [3.8, 4) is 0 Å². The molecule has 16 heavy (non-hydrogen) atoms. The van der Waals surface area contributed by atoms with Gasteiger partial charge >= 0.3 is 0 Å². The van der Waals surface area contributed by atoms with E-state index in [9.17, 15) is 14.5 Å². The Morgan fingerprint density at radius 2 is 2.19 bits per heavy atom.